The fourth-order valence-corrected chi connectivity index (χ4v) is 4.69. The minimum absolute atomic E-state index is 0.0936. The molecule has 0 radical (unpaired) electrons. The quantitative estimate of drug-likeness (QED) is 0.168. The molecule has 2 heterocycles. The van der Waals surface area contributed by atoms with Crippen LogP contribution >= 0.6 is 34.7 Å². The highest BCUT2D eigenvalue weighted by molar-refractivity contribution is 8.01. The molecule has 1 amide bonds. The Bertz CT molecular complexity index is 1270. The number of amides is 1. The SMILES string of the molecule is O=C(CSc1nc2ccccc2s1)N/N=C\c1ccc(-c2cc([N+](=O)[O-])ccc2Cl)o1. The summed E-state index contributed by atoms with van der Waals surface area (Å²) in [5.41, 5.74) is 3.64. The van der Waals surface area contributed by atoms with E-state index in [1.165, 1.54) is 47.5 Å². The average molecular weight is 473 g/mol. The molecular formula is C20H13ClN4O4S2. The molecule has 0 bridgehead atoms. The van der Waals surface area contributed by atoms with Gasteiger partial charge in [-0.3, -0.25) is 14.9 Å². The van der Waals surface area contributed by atoms with Gasteiger partial charge in [-0.2, -0.15) is 5.10 Å². The Morgan fingerprint density at radius 3 is 2.94 bits per heavy atom. The number of hydrogen-bond acceptors (Lipinski definition) is 8. The lowest BCUT2D eigenvalue weighted by Crippen LogP contribution is -2.19. The van der Waals surface area contributed by atoms with Gasteiger partial charge in [0, 0.05) is 17.7 Å². The zero-order valence-corrected chi connectivity index (χ0v) is 18.0. The molecule has 156 valence electrons. The third-order valence-corrected chi connectivity index (χ3v) is 6.54. The number of benzene rings is 2. The summed E-state index contributed by atoms with van der Waals surface area (Å²) < 4.78 is 7.49. The largest absolute Gasteiger partial charge is 0.455 e. The Labute approximate surface area is 189 Å². The molecule has 0 atom stereocenters. The van der Waals surface area contributed by atoms with E-state index in [-0.39, 0.29) is 17.3 Å². The van der Waals surface area contributed by atoms with Crippen molar-refractivity contribution in [3.8, 4) is 11.3 Å². The first-order valence-corrected chi connectivity index (χ1v) is 11.0. The van der Waals surface area contributed by atoms with Gasteiger partial charge in [-0.05, 0) is 30.3 Å². The van der Waals surface area contributed by atoms with Gasteiger partial charge in [-0.15, -0.1) is 11.3 Å². The van der Waals surface area contributed by atoms with Gasteiger partial charge in [0.2, 0.25) is 0 Å². The molecular weight excluding hydrogens is 460 g/mol. The summed E-state index contributed by atoms with van der Waals surface area (Å²) in [7, 11) is 0. The van der Waals surface area contributed by atoms with Crippen LogP contribution in [0.15, 0.2) is 68.5 Å². The number of hydrazone groups is 1. The van der Waals surface area contributed by atoms with E-state index in [1.807, 2.05) is 24.3 Å². The number of nitrogens with one attached hydrogen (secondary N) is 1. The number of carbonyl (C=O) groups is 1. The van der Waals surface area contributed by atoms with Crippen LogP contribution in [-0.4, -0.2) is 27.8 Å². The minimum atomic E-state index is -0.507. The number of non-ortho nitro benzene ring substituents is 1. The van der Waals surface area contributed by atoms with Gasteiger partial charge >= 0.3 is 0 Å². The summed E-state index contributed by atoms with van der Waals surface area (Å²) in [5, 5.41) is 15.2. The van der Waals surface area contributed by atoms with Crippen LogP contribution in [0.3, 0.4) is 0 Å². The number of halogens is 1. The number of rotatable bonds is 7. The van der Waals surface area contributed by atoms with Gasteiger partial charge < -0.3 is 4.42 Å². The van der Waals surface area contributed by atoms with Crippen LogP contribution in [0.4, 0.5) is 5.69 Å². The Morgan fingerprint density at radius 2 is 2.13 bits per heavy atom. The standard InChI is InChI=1S/C20H13ClN4O4S2/c21-15-7-5-12(25(27)28)9-14(15)17-8-6-13(29-17)10-22-24-19(26)11-30-20-23-16-3-1-2-4-18(16)31-20/h1-10H,11H2,(H,24,26)/b22-10-. The first kappa shape index (κ1) is 21.0. The molecule has 0 unspecified atom stereocenters. The smallest absolute Gasteiger partial charge is 0.270 e. The van der Waals surface area contributed by atoms with E-state index in [1.54, 1.807) is 12.1 Å². The van der Waals surface area contributed by atoms with Crippen LogP contribution < -0.4 is 5.43 Å². The Balaban J connectivity index is 1.34. The van der Waals surface area contributed by atoms with Crippen LogP contribution in [0.2, 0.25) is 5.02 Å². The first-order valence-electron chi connectivity index (χ1n) is 8.84. The van der Waals surface area contributed by atoms with Crippen molar-refractivity contribution in [2.24, 2.45) is 5.10 Å². The summed E-state index contributed by atoms with van der Waals surface area (Å²) in [6, 6.07) is 15.1. The normalized spacial score (nSPS) is 11.3. The summed E-state index contributed by atoms with van der Waals surface area (Å²) in [5.74, 6) is 0.600. The van der Waals surface area contributed by atoms with Gasteiger partial charge in [0.25, 0.3) is 11.6 Å². The molecule has 2 aromatic heterocycles. The maximum atomic E-state index is 12.0. The molecule has 4 aromatic rings. The highest BCUT2D eigenvalue weighted by atomic mass is 35.5. The molecule has 0 saturated carbocycles. The summed E-state index contributed by atoms with van der Waals surface area (Å²) in [6.07, 6.45) is 1.34. The molecule has 11 heteroatoms. The summed E-state index contributed by atoms with van der Waals surface area (Å²) >= 11 is 8.99. The number of aromatic nitrogens is 1. The lowest BCUT2D eigenvalue weighted by Gasteiger charge is -2.00. The van der Waals surface area contributed by atoms with Crippen molar-refractivity contribution in [3.05, 3.63) is 75.5 Å². The van der Waals surface area contributed by atoms with Gasteiger partial charge in [0.1, 0.15) is 11.5 Å². The number of nitrogens with zero attached hydrogens (tertiary/aromatic N) is 3. The second-order valence-corrected chi connectivity index (χ2v) is 8.81. The Hall–Kier alpha value is -3.21. The zero-order chi connectivity index (χ0) is 21.8. The van der Waals surface area contributed by atoms with Crippen molar-refractivity contribution in [1.82, 2.24) is 10.4 Å². The van der Waals surface area contributed by atoms with Gasteiger partial charge in [-0.1, -0.05) is 35.5 Å². The molecule has 2 aromatic carbocycles. The topological polar surface area (TPSA) is 111 Å². The molecule has 8 nitrogen and oxygen atoms in total. The summed E-state index contributed by atoms with van der Waals surface area (Å²) in [6.45, 7) is 0. The number of fused-ring (bicyclic) bond motifs is 1. The molecule has 1 N–H and O–H groups in total. The fourth-order valence-electron chi connectivity index (χ4n) is 2.62. The van der Waals surface area contributed by atoms with E-state index in [4.69, 9.17) is 16.0 Å². The van der Waals surface area contributed by atoms with Crippen molar-refractivity contribution >= 4 is 62.7 Å². The van der Waals surface area contributed by atoms with Crippen molar-refractivity contribution < 1.29 is 14.1 Å². The highest BCUT2D eigenvalue weighted by Gasteiger charge is 2.14. The lowest BCUT2D eigenvalue weighted by atomic mass is 10.1. The van der Waals surface area contributed by atoms with Crippen molar-refractivity contribution in [2.75, 3.05) is 5.75 Å². The van der Waals surface area contributed by atoms with Gasteiger partial charge in [0.05, 0.1) is 32.1 Å². The highest BCUT2D eigenvalue weighted by Crippen LogP contribution is 2.32. The minimum Gasteiger partial charge on any atom is -0.455 e. The number of hydrogen-bond donors (Lipinski definition) is 1. The van der Waals surface area contributed by atoms with E-state index in [0.29, 0.717) is 22.1 Å². The third-order valence-electron chi connectivity index (χ3n) is 4.04. The van der Waals surface area contributed by atoms with Crippen molar-refractivity contribution in [1.29, 1.82) is 0 Å². The molecule has 4 rings (SSSR count). The molecule has 0 aliphatic carbocycles. The average Bonchev–Trinajstić information content (AvgIpc) is 3.39. The van der Waals surface area contributed by atoms with Gasteiger partial charge in [-0.25, -0.2) is 10.4 Å². The van der Waals surface area contributed by atoms with Crippen LogP contribution in [0.25, 0.3) is 21.5 Å². The molecule has 0 aliphatic heterocycles. The Morgan fingerprint density at radius 1 is 1.29 bits per heavy atom. The number of nitro groups is 1. The number of nitro benzene ring substituents is 1. The second kappa shape index (κ2) is 9.29. The van der Waals surface area contributed by atoms with E-state index in [0.717, 1.165) is 14.6 Å². The van der Waals surface area contributed by atoms with Crippen molar-refractivity contribution in [3.63, 3.8) is 0 Å². The molecule has 0 saturated heterocycles. The fraction of sp³-hybridized carbons (Fsp3) is 0.0500. The Kier molecular flexibility index (Phi) is 6.31. The second-order valence-electron chi connectivity index (χ2n) is 6.15. The number of para-hydroxylation sites is 1. The number of furan rings is 1. The van der Waals surface area contributed by atoms with Crippen LogP contribution in [-0.2, 0) is 4.79 Å². The molecule has 0 spiro atoms. The number of thioether (sulfide) groups is 1. The lowest BCUT2D eigenvalue weighted by molar-refractivity contribution is -0.384. The van der Waals surface area contributed by atoms with E-state index in [2.05, 4.69) is 15.5 Å². The maximum Gasteiger partial charge on any atom is 0.270 e. The van der Waals surface area contributed by atoms with E-state index in [9.17, 15) is 14.9 Å². The molecule has 0 aliphatic rings. The monoisotopic (exact) mass is 472 g/mol. The third kappa shape index (κ3) is 5.10. The molecule has 31 heavy (non-hydrogen) atoms. The van der Waals surface area contributed by atoms with Crippen LogP contribution in [0, 0.1) is 10.1 Å². The predicted octanol–water partition coefficient (Wildman–Crippen LogP) is 5.36. The number of carbonyl (C=O) groups excluding carboxylic acids is 1. The predicted molar refractivity (Wildman–Crippen MR) is 122 cm³/mol. The van der Waals surface area contributed by atoms with Crippen LogP contribution in [0.1, 0.15) is 5.76 Å². The number of thiazole rings is 1. The first-order chi connectivity index (χ1) is 15.0. The maximum absolute atomic E-state index is 12.0. The zero-order valence-electron chi connectivity index (χ0n) is 15.6. The summed E-state index contributed by atoms with van der Waals surface area (Å²) in [4.78, 5) is 26.9. The van der Waals surface area contributed by atoms with Crippen LogP contribution in [0.5, 0.6) is 0 Å². The van der Waals surface area contributed by atoms with Gasteiger partial charge in [0.15, 0.2) is 4.34 Å². The van der Waals surface area contributed by atoms with E-state index >= 15 is 0 Å². The molecule has 0 fully saturated rings. The van der Waals surface area contributed by atoms with Crippen molar-refractivity contribution in [2.45, 2.75) is 4.34 Å². The van der Waals surface area contributed by atoms with E-state index < -0.39 is 4.92 Å².